The van der Waals surface area contributed by atoms with Crippen molar-refractivity contribution < 1.29 is 5.11 Å². The van der Waals surface area contributed by atoms with Gasteiger partial charge in [-0.2, -0.15) is 4.98 Å². The summed E-state index contributed by atoms with van der Waals surface area (Å²) >= 11 is 1.42. The van der Waals surface area contributed by atoms with Gasteiger partial charge >= 0.3 is 0 Å². The second-order valence-corrected chi connectivity index (χ2v) is 4.57. The van der Waals surface area contributed by atoms with Gasteiger partial charge in [-0.3, -0.25) is 9.36 Å². The van der Waals surface area contributed by atoms with Gasteiger partial charge in [0.2, 0.25) is 5.88 Å². The Morgan fingerprint density at radius 1 is 1.35 bits per heavy atom. The standard InChI is InChI=1S/C12H12N2O2S/c1-2-17-12-13-10(15)8-11(16)14(12)9-6-4-3-5-7-9/h3-8,15H,2H2,1H3. The van der Waals surface area contributed by atoms with Gasteiger partial charge in [0.1, 0.15) is 0 Å². The quantitative estimate of drug-likeness (QED) is 0.667. The van der Waals surface area contributed by atoms with Crippen LogP contribution in [0.1, 0.15) is 6.92 Å². The Hall–Kier alpha value is -1.75. The maximum absolute atomic E-state index is 11.9. The van der Waals surface area contributed by atoms with Crippen molar-refractivity contribution in [2.75, 3.05) is 5.75 Å². The van der Waals surface area contributed by atoms with Crippen LogP contribution in [0, 0.1) is 0 Å². The second-order valence-electron chi connectivity index (χ2n) is 3.34. The fraction of sp³-hybridized carbons (Fsp3) is 0.167. The Balaban J connectivity index is 2.63. The molecular formula is C12H12N2O2S. The van der Waals surface area contributed by atoms with Gasteiger partial charge < -0.3 is 5.11 Å². The van der Waals surface area contributed by atoms with E-state index >= 15 is 0 Å². The normalized spacial score (nSPS) is 10.4. The van der Waals surface area contributed by atoms with E-state index < -0.39 is 0 Å². The first-order valence-electron chi connectivity index (χ1n) is 5.23. The molecule has 1 heterocycles. The van der Waals surface area contributed by atoms with Gasteiger partial charge in [0.05, 0.1) is 11.8 Å². The molecule has 5 heteroatoms. The van der Waals surface area contributed by atoms with E-state index in [4.69, 9.17) is 0 Å². The van der Waals surface area contributed by atoms with E-state index in [1.54, 1.807) is 0 Å². The summed E-state index contributed by atoms with van der Waals surface area (Å²) < 4.78 is 1.49. The molecule has 1 N–H and O–H groups in total. The molecule has 1 aromatic heterocycles. The van der Waals surface area contributed by atoms with E-state index in [1.165, 1.54) is 16.3 Å². The Morgan fingerprint density at radius 2 is 2.06 bits per heavy atom. The average Bonchev–Trinajstić information content (AvgIpc) is 2.30. The van der Waals surface area contributed by atoms with Crippen LogP contribution < -0.4 is 5.56 Å². The lowest BCUT2D eigenvalue weighted by molar-refractivity contribution is 0.441. The summed E-state index contributed by atoms with van der Waals surface area (Å²) in [6, 6.07) is 10.4. The molecule has 0 amide bonds. The highest BCUT2D eigenvalue weighted by molar-refractivity contribution is 7.99. The monoisotopic (exact) mass is 248 g/mol. The molecule has 0 unspecified atom stereocenters. The summed E-state index contributed by atoms with van der Waals surface area (Å²) in [7, 11) is 0. The first kappa shape index (κ1) is 11.7. The maximum Gasteiger partial charge on any atom is 0.262 e. The van der Waals surface area contributed by atoms with Crippen molar-refractivity contribution in [1.29, 1.82) is 0 Å². The van der Waals surface area contributed by atoms with E-state index in [1.807, 2.05) is 37.3 Å². The fourth-order valence-electron chi connectivity index (χ4n) is 1.49. The third-order valence-electron chi connectivity index (χ3n) is 2.16. The lowest BCUT2D eigenvalue weighted by Gasteiger charge is -2.10. The molecule has 0 bridgehead atoms. The topological polar surface area (TPSA) is 55.1 Å². The van der Waals surface area contributed by atoms with Crippen molar-refractivity contribution in [3.05, 3.63) is 46.8 Å². The Bertz CT molecular complexity index is 566. The first-order chi connectivity index (χ1) is 8.22. The van der Waals surface area contributed by atoms with Crippen LogP contribution in [0.15, 0.2) is 46.3 Å². The number of nitrogens with zero attached hydrogens (tertiary/aromatic N) is 2. The number of aromatic hydroxyl groups is 1. The van der Waals surface area contributed by atoms with Crippen LogP contribution in [-0.2, 0) is 0 Å². The van der Waals surface area contributed by atoms with Gasteiger partial charge in [-0.15, -0.1) is 0 Å². The predicted octanol–water partition coefficient (Wildman–Crippen LogP) is 2.05. The molecule has 0 fully saturated rings. The number of rotatable bonds is 3. The first-order valence-corrected chi connectivity index (χ1v) is 6.22. The number of para-hydroxylation sites is 1. The van der Waals surface area contributed by atoms with E-state index in [0.717, 1.165) is 17.5 Å². The van der Waals surface area contributed by atoms with Crippen LogP contribution in [0.3, 0.4) is 0 Å². The Labute approximate surface area is 103 Å². The predicted molar refractivity (Wildman–Crippen MR) is 67.9 cm³/mol. The van der Waals surface area contributed by atoms with Crippen molar-refractivity contribution in [1.82, 2.24) is 9.55 Å². The number of benzene rings is 1. The molecule has 2 aromatic rings. The molecule has 0 radical (unpaired) electrons. The Kier molecular flexibility index (Phi) is 3.49. The van der Waals surface area contributed by atoms with Gasteiger partial charge in [0.25, 0.3) is 5.56 Å². The lowest BCUT2D eigenvalue weighted by atomic mass is 10.3. The lowest BCUT2D eigenvalue weighted by Crippen LogP contribution is -2.20. The minimum atomic E-state index is -0.278. The van der Waals surface area contributed by atoms with Crippen LogP contribution in [0.5, 0.6) is 5.88 Å². The highest BCUT2D eigenvalue weighted by Gasteiger charge is 2.09. The van der Waals surface area contributed by atoms with E-state index in [-0.39, 0.29) is 11.4 Å². The van der Waals surface area contributed by atoms with Gasteiger partial charge in [0.15, 0.2) is 5.16 Å². The molecule has 0 aliphatic rings. The molecule has 17 heavy (non-hydrogen) atoms. The molecule has 0 aliphatic carbocycles. The SMILES string of the molecule is CCSc1nc(O)cc(=O)n1-c1ccccc1. The third kappa shape index (κ3) is 2.50. The van der Waals surface area contributed by atoms with Crippen LogP contribution >= 0.6 is 11.8 Å². The maximum atomic E-state index is 11.9. The molecule has 0 spiro atoms. The van der Waals surface area contributed by atoms with Crippen LogP contribution in [0.2, 0.25) is 0 Å². The van der Waals surface area contributed by atoms with Crippen LogP contribution in [0.4, 0.5) is 0 Å². The molecule has 0 aliphatic heterocycles. The van der Waals surface area contributed by atoms with Crippen LogP contribution in [-0.4, -0.2) is 20.4 Å². The summed E-state index contributed by atoms with van der Waals surface area (Å²) in [5.41, 5.74) is 0.473. The number of hydrogen-bond donors (Lipinski definition) is 1. The van der Waals surface area contributed by atoms with Crippen molar-refractivity contribution in [2.24, 2.45) is 0 Å². The van der Waals surface area contributed by atoms with Gasteiger partial charge in [-0.1, -0.05) is 36.9 Å². The molecule has 0 saturated carbocycles. The zero-order chi connectivity index (χ0) is 12.3. The summed E-state index contributed by atoms with van der Waals surface area (Å²) in [6.07, 6.45) is 0. The van der Waals surface area contributed by atoms with Crippen molar-refractivity contribution in [3.8, 4) is 11.6 Å². The minimum absolute atomic E-state index is 0.238. The van der Waals surface area contributed by atoms with Gasteiger partial charge in [-0.25, -0.2) is 0 Å². The van der Waals surface area contributed by atoms with Crippen molar-refractivity contribution in [2.45, 2.75) is 12.1 Å². The van der Waals surface area contributed by atoms with Gasteiger partial charge in [0, 0.05) is 0 Å². The average molecular weight is 248 g/mol. The van der Waals surface area contributed by atoms with Crippen molar-refractivity contribution in [3.63, 3.8) is 0 Å². The molecular weight excluding hydrogens is 236 g/mol. The minimum Gasteiger partial charge on any atom is -0.493 e. The van der Waals surface area contributed by atoms with E-state index in [9.17, 15) is 9.90 Å². The number of thioether (sulfide) groups is 1. The smallest absolute Gasteiger partial charge is 0.262 e. The van der Waals surface area contributed by atoms with Crippen LogP contribution in [0.25, 0.3) is 5.69 Å². The van der Waals surface area contributed by atoms with Gasteiger partial charge in [-0.05, 0) is 17.9 Å². The molecule has 2 rings (SSSR count). The largest absolute Gasteiger partial charge is 0.493 e. The number of aromatic nitrogens is 2. The van der Waals surface area contributed by atoms with E-state index in [2.05, 4.69) is 4.98 Å². The molecule has 4 nitrogen and oxygen atoms in total. The van der Waals surface area contributed by atoms with E-state index in [0.29, 0.717) is 5.16 Å². The summed E-state index contributed by atoms with van der Waals surface area (Å²) in [5, 5.41) is 9.86. The summed E-state index contributed by atoms with van der Waals surface area (Å²) in [5.74, 6) is 0.543. The number of hydrogen-bond acceptors (Lipinski definition) is 4. The molecule has 0 atom stereocenters. The highest BCUT2D eigenvalue weighted by Crippen LogP contribution is 2.19. The summed E-state index contributed by atoms with van der Waals surface area (Å²) in [4.78, 5) is 15.9. The molecule has 88 valence electrons. The second kappa shape index (κ2) is 5.05. The van der Waals surface area contributed by atoms with Crippen molar-refractivity contribution >= 4 is 11.8 Å². The summed E-state index contributed by atoms with van der Waals surface area (Å²) in [6.45, 7) is 1.97. The highest BCUT2D eigenvalue weighted by atomic mass is 32.2. The Morgan fingerprint density at radius 3 is 2.71 bits per heavy atom. The molecule has 0 saturated heterocycles. The third-order valence-corrected chi connectivity index (χ3v) is 2.98. The molecule has 1 aromatic carbocycles. The fourth-order valence-corrected chi connectivity index (χ4v) is 2.23. The zero-order valence-electron chi connectivity index (χ0n) is 9.33. The zero-order valence-corrected chi connectivity index (χ0v) is 10.1.